The van der Waals surface area contributed by atoms with Gasteiger partial charge in [-0.25, -0.2) is 9.97 Å². The number of carbonyl (C=O) groups is 2. The largest absolute Gasteiger partial charge is 0.345 e. The van der Waals surface area contributed by atoms with Gasteiger partial charge in [0.2, 0.25) is 11.7 Å². The van der Waals surface area contributed by atoms with Crippen molar-refractivity contribution < 1.29 is 9.59 Å². The van der Waals surface area contributed by atoms with Crippen molar-refractivity contribution in [1.82, 2.24) is 34.4 Å². The Kier molecular flexibility index (Phi) is 4.35. The molecule has 0 atom stereocenters. The summed E-state index contributed by atoms with van der Waals surface area (Å²) in [4.78, 5) is 34.6. The molecule has 0 unspecified atom stereocenters. The minimum Gasteiger partial charge on any atom is -0.345 e. The van der Waals surface area contributed by atoms with Gasteiger partial charge in [-0.15, -0.1) is 0 Å². The molecule has 0 saturated heterocycles. The summed E-state index contributed by atoms with van der Waals surface area (Å²) in [6.45, 7) is 5.75. The lowest BCUT2D eigenvalue weighted by Crippen LogP contribution is -2.28. The van der Waals surface area contributed by atoms with Gasteiger partial charge in [0.15, 0.2) is 0 Å². The standard InChI is InChI=1S/C18H21N7O2/c1-12-16(24-7-3-5-19-18(24)21-12)17(27)20-10-14-9-15-11-23(13(2)26)6-4-8-25(15)22-14/h3,5,7,9H,4,6,8,10-11H2,1-2H3,(H,20,27). The summed E-state index contributed by atoms with van der Waals surface area (Å²) in [6.07, 6.45) is 4.28. The van der Waals surface area contributed by atoms with Crippen molar-refractivity contribution in [3.05, 3.63) is 47.3 Å². The number of fused-ring (bicyclic) bond motifs is 2. The van der Waals surface area contributed by atoms with E-state index in [1.165, 1.54) is 0 Å². The molecule has 1 aliphatic heterocycles. The maximum atomic E-state index is 12.7. The van der Waals surface area contributed by atoms with E-state index in [0.29, 0.717) is 30.3 Å². The highest BCUT2D eigenvalue weighted by molar-refractivity contribution is 5.94. The monoisotopic (exact) mass is 367 g/mol. The van der Waals surface area contributed by atoms with Crippen molar-refractivity contribution in [3.63, 3.8) is 0 Å². The Balaban J connectivity index is 1.49. The zero-order valence-electron chi connectivity index (χ0n) is 15.3. The molecule has 0 radical (unpaired) electrons. The van der Waals surface area contributed by atoms with Gasteiger partial charge < -0.3 is 10.2 Å². The fourth-order valence-corrected chi connectivity index (χ4v) is 3.40. The average molecular weight is 367 g/mol. The van der Waals surface area contributed by atoms with E-state index in [1.807, 2.05) is 15.6 Å². The van der Waals surface area contributed by atoms with E-state index >= 15 is 0 Å². The van der Waals surface area contributed by atoms with Crippen LogP contribution >= 0.6 is 0 Å². The van der Waals surface area contributed by atoms with Crippen LogP contribution in [0.3, 0.4) is 0 Å². The summed E-state index contributed by atoms with van der Waals surface area (Å²) >= 11 is 0. The molecule has 0 bridgehead atoms. The summed E-state index contributed by atoms with van der Waals surface area (Å²) < 4.78 is 3.60. The van der Waals surface area contributed by atoms with Gasteiger partial charge in [0.25, 0.3) is 5.91 Å². The fourth-order valence-electron chi connectivity index (χ4n) is 3.40. The number of imidazole rings is 1. The maximum absolute atomic E-state index is 12.7. The highest BCUT2D eigenvalue weighted by atomic mass is 16.2. The van der Waals surface area contributed by atoms with Crippen molar-refractivity contribution in [1.29, 1.82) is 0 Å². The zero-order valence-corrected chi connectivity index (χ0v) is 15.3. The number of aromatic nitrogens is 5. The molecule has 140 valence electrons. The highest BCUT2D eigenvalue weighted by Gasteiger charge is 2.20. The highest BCUT2D eigenvalue weighted by Crippen LogP contribution is 2.15. The predicted octanol–water partition coefficient (Wildman–Crippen LogP) is 0.916. The van der Waals surface area contributed by atoms with Crippen LogP contribution in [0, 0.1) is 6.92 Å². The third-order valence-electron chi connectivity index (χ3n) is 4.73. The maximum Gasteiger partial charge on any atom is 0.270 e. The van der Waals surface area contributed by atoms with Crippen LogP contribution in [0.2, 0.25) is 0 Å². The van der Waals surface area contributed by atoms with E-state index in [0.717, 1.165) is 30.9 Å². The Labute approximate surface area is 156 Å². The Bertz CT molecular complexity index is 1020. The smallest absolute Gasteiger partial charge is 0.270 e. The van der Waals surface area contributed by atoms with Gasteiger partial charge in [0.05, 0.1) is 30.2 Å². The van der Waals surface area contributed by atoms with Crippen molar-refractivity contribution in [2.24, 2.45) is 0 Å². The number of nitrogens with one attached hydrogen (secondary N) is 1. The summed E-state index contributed by atoms with van der Waals surface area (Å²) in [5.41, 5.74) is 2.86. The predicted molar refractivity (Wildman–Crippen MR) is 96.8 cm³/mol. The molecule has 2 amide bonds. The van der Waals surface area contributed by atoms with E-state index in [4.69, 9.17) is 0 Å². The van der Waals surface area contributed by atoms with E-state index in [2.05, 4.69) is 20.4 Å². The SMILES string of the molecule is CC(=O)N1CCCn2nc(CNC(=O)c3c(C)nc4ncccn34)cc2C1. The molecule has 0 fully saturated rings. The molecule has 0 aromatic carbocycles. The molecule has 3 aromatic heterocycles. The van der Waals surface area contributed by atoms with Crippen molar-refractivity contribution in [3.8, 4) is 0 Å². The van der Waals surface area contributed by atoms with Gasteiger partial charge in [0.1, 0.15) is 5.69 Å². The first-order valence-corrected chi connectivity index (χ1v) is 8.92. The molecule has 0 saturated carbocycles. The topological polar surface area (TPSA) is 97.4 Å². The lowest BCUT2D eigenvalue weighted by atomic mass is 10.3. The third-order valence-corrected chi connectivity index (χ3v) is 4.73. The van der Waals surface area contributed by atoms with Gasteiger partial charge in [-0.05, 0) is 25.5 Å². The van der Waals surface area contributed by atoms with Crippen molar-refractivity contribution >= 4 is 17.6 Å². The third kappa shape index (κ3) is 3.27. The second-order valence-corrected chi connectivity index (χ2v) is 6.66. The van der Waals surface area contributed by atoms with Gasteiger partial charge in [-0.2, -0.15) is 5.10 Å². The molecular formula is C18H21N7O2. The van der Waals surface area contributed by atoms with Crippen LogP contribution in [-0.4, -0.2) is 47.4 Å². The molecule has 0 spiro atoms. The van der Waals surface area contributed by atoms with Crippen LogP contribution in [0.5, 0.6) is 0 Å². The molecule has 9 heteroatoms. The molecule has 1 aliphatic rings. The van der Waals surface area contributed by atoms with E-state index in [1.54, 1.807) is 36.7 Å². The minimum atomic E-state index is -0.221. The second-order valence-electron chi connectivity index (χ2n) is 6.66. The van der Waals surface area contributed by atoms with Crippen LogP contribution in [0.4, 0.5) is 0 Å². The molecule has 27 heavy (non-hydrogen) atoms. The molecule has 9 nitrogen and oxygen atoms in total. The van der Waals surface area contributed by atoms with Gasteiger partial charge in [-0.3, -0.25) is 18.7 Å². The van der Waals surface area contributed by atoms with Crippen LogP contribution in [0.25, 0.3) is 5.78 Å². The second kappa shape index (κ2) is 6.82. The average Bonchev–Trinajstić information content (AvgIpc) is 3.11. The van der Waals surface area contributed by atoms with Gasteiger partial charge in [0, 0.05) is 32.4 Å². The zero-order chi connectivity index (χ0) is 19.0. The molecule has 4 heterocycles. The first-order chi connectivity index (χ1) is 13.0. The van der Waals surface area contributed by atoms with Crippen LogP contribution in [0.15, 0.2) is 24.5 Å². The number of amides is 2. The Morgan fingerprint density at radius 3 is 2.96 bits per heavy atom. The summed E-state index contributed by atoms with van der Waals surface area (Å²) in [5, 5.41) is 7.48. The Morgan fingerprint density at radius 1 is 1.30 bits per heavy atom. The Morgan fingerprint density at radius 2 is 2.15 bits per heavy atom. The number of hydrogen-bond acceptors (Lipinski definition) is 5. The van der Waals surface area contributed by atoms with E-state index < -0.39 is 0 Å². The number of hydrogen-bond donors (Lipinski definition) is 1. The number of aryl methyl sites for hydroxylation is 2. The Hall–Kier alpha value is -3.23. The molecule has 4 rings (SSSR count). The summed E-state index contributed by atoms with van der Waals surface area (Å²) in [7, 11) is 0. The number of carbonyl (C=O) groups excluding carboxylic acids is 2. The van der Waals surface area contributed by atoms with E-state index in [9.17, 15) is 9.59 Å². The van der Waals surface area contributed by atoms with Gasteiger partial charge >= 0.3 is 0 Å². The molecule has 3 aromatic rings. The number of nitrogens with zero attached hydrogens (tertiary/aromatic N) is 6. The van der Waals surface area contributed by atoms with Crippen LogP contribution in [0.1, 0.15) is 40.9 Å². The molecule has 0 aliphatic carbocycles. The van der Waals surface area contributed by atoms with Gasteiger partial charge in [-0.1, -0.05) is 0 Å². The van der Waals surface area contributed by atoms with Crippen LogP contribution < -0.4 is 5.32 Å². The number of rotatable bonds is 3. The molecule has 1 N–H and O–H groups in total. The first kappa shape index (κ1) is 17.2. The normalized spacial score (nSPS) is 14.1. The van der Waals surface area contributed by atoms with Crippen LogP contribution in [-0.2, 0) is 24.4 Å². The van der Waals surface area contributed by atoms with Crippen molar-refractivity contribution in [2.75, 3.05) is 6.54 Å². The molecular weight excluding hydrogens is 346 g/mol. The summed E-state index contributed by atoms with van der Waals surface area (Å²) in [5.74, 6) is 0.343. The first-order valence-electron chi connectivity index (χ1n) is 8.92. The quantitative estimate of drug-likeness (QED) is 0.742. The van der Waals surface area contributed by atoms with E-state index in [-0.39, 0.29) is 11.8 Å². The lowest BCUT2D eigenvalue weighted by Gasteiger charge is -2.17. The fraction of sp³-hybridized carbons (Fsp3) is 0.389. The minimum absolute atomic E-state index is 0.0659. The van der Waals surface area contributed by atoms with Crippen molar-refractivity contribution in [2.45, 2.75) is 39.9 Å². The summed E-state index contributed by atoms with van der Waals surface area (Å²) in [6, 6.07) is 3.71. The lowest BCUT2D eigenvalue weighted by molar-refractivity contribution is -0.129.